The molecule has 1 aromatic heterocycles. The van der Waals surface area contributed by atoms with E-state index in [1.54, 1.807) is 7.11 Å². The van der Waals surface area contributed by atoms with Gasteiger partial charge in [0, 0.05) is 30.7 Å². The summed E-state index contributed by atoms with van der Waals surface area (Å²) >= 11 is 0. The quantitative estimate of drug-likeness (QED) is 0.842. The molecular formula is C22H24N4O. The summed E-state index contributed by atoms with van der Waals surface area (Å²) in [5.74, 6) is 2.86. The van der Waals surface area contributed by atoms with E-state index in [0.29, 0.717) is 29.5 Å². The number of hydrogen-bond donors (Lipinski definition) is 0. The third kappa shape index (κ3) is 2.59. The van der Waals surface area contributed by atoms with Crippen molar-refractivity contribution in [1.82, 2.24) is 9.88 Å². The van der Waals surface area contributed by atoms with Crippen molar-refractivity contribution in [3.05, 3.63) is 53.7 Å². The highest BCUT2D eigenvalue weighted by molar-refractivity contribution is 5.57. The Morgan fingerprint density at radius 1 is 1.15 bits per heavy atom. The highest BCUT2D eigenvalue weighted by Gasteiger charge is 2.54. The van der Waals surface area contributed by atoms with Gasteiger partial charge in [-0.15, -0.1) is 0 Å². The van der Waals surface area contributed by atoms with E-state index in [9.17, 15) is 5.26 Å². The molecule has 4 fully saturated rings. The van der Waals surface area contributed by atoms with Gasteiger partial charge < -0.3 is 9.64 Å². The number of piperidine rings is 3. The first-order valence-corrected chi connectivity index (χ1v) is 9.80. The van der Waals surface area contributed by atoms with Gasteiger partial charge in [0.2, 0.25) is 0 Å². The number of anilines is 1. The number of rotatable bonds is 3. The Morgan fingerprint density at radius 2 is 2.00 bits per heavy atom. The number of ether oxygens (including phenoxy) is 1. The lowest BCUT2D eigenvalue weighted by Crippen LogP contribution is -2.60. The number of pyridine rings is 1. The second-order valence-electron chi connectivity index (χ2n) is 7.88. The first-order chi connectivity index (χ1) is 13.3. The Morgan fingerprint density at radius 3 is 2.78 bits per heavy atom. The molecule has 0 aliphatic carbocycles. The minimum absolute atomic E-state index is 0.404. The van der Waals surface area contributed by atoms with Crippen LogP contribution in [-0.2, 0) is 0 Å². The zero-order valence-corrected chi connectivity index (χ0v) is 15.6. The molecule has 0 unspecified atom stereocenters. The van der Waals surface area contributed by atoms with Crippen LogP contribution in [-0.4, -0.2) is 48.7 Å². The molecule has 5 heteroatoms. The van der Waals surface area contributed by atoms with Gasteiger partial charge in [-0.3, -0.25) is 4.90 Å². The average molecular weight is 360 g/mol. The Bertz CT molecular complexity index is 884. The molecule has 27 heavy (non-hydrogen) atoms. The van der Waals surface area contributed by atoms with Gasteiger partial charge in [0.25, 0.3) is 0 Å². The predicted octanol–water partition coefficient (Wildman–Crippen LogP) is 3.03. The Hall–Kier alpha value is -2.58. The Kier molecular flexibility index (Phi) is 4.02. The molecule has 0 radical (unpaired) electrons. The zero-order valence-electron chi connectivity index (χ0n) is 15.6. The summed E-state index contributed by atoms with van der Waals surface area (Å²) in [4.78, 5) is 9.73. The lowest BCUT2D eigenvalue weighted by atomic mass is 9.75. The fourth-order valence-electron chi connectivity index (χ4n) is 5.54. The smallest absolute Gasteiger partial charge is 0.146 e. The van der Waals surface area contributed by atoms with E-state index >= 15 is 0 Å². The number of aromatic nitrogens is 1. The van der Waals surface area contributed by atoms with E-state index in [0.717, 1.165) is 18.1 Å². The molecule has 3 atom stereocenters. The molecule has 138 valence electrons. The topological polar surface area (TPSA) is 52.4 Å². The lowest BCUT2D eigenvalue weighted by Gasteiger charge is -2.51. The molecule has 2 bridgehead atoms. The summed E-state index contributed by atoms with van der Waals surface area (Å²) in [7, 11) is 1.72. The Labute approximate surface area is 160 Å². The second kappa shape index (κ2) is 6.54. The Balaban J connectivity index is 1.59. The fourth-order valence-corrected chi connectivity index (χ4v) is 5.54. The van der Waals surface area contributed by atoms with E-state index in [1.165, 1.54) is 31.5 Å². The first kappa shape index (κ1) is 16.6. The van der Waals surface area contributed by atoms with Gasteiger partial charge in [-0.25, -0.2) is 4.98 Å². The van der Waals surface area contributed by atoms with Crippen molar-refractivity contribution in [1.29, 1.82) is 5.26 Å². The van der Waals surface area contributed by atoms with Crippen LogP contribution in [0, 0.1) is 17.2 Å². The minimum Gasteiger partial charge on any atom is -0.497 e. The number of methoxy groups -OCH3 is 1. The van der Waals surface area contributed by atoms with Crippen molar-refractivity contribution in [3.63, 3.8) is 0 Å². The third-order valence-electron chi connectivity index (χ3n) is 6.70. The molecule has 4 saturated heterocycles. The average Bonchev–Trinajstić information content (AvgIpc) is 3.17. The van der Waals surface area contributed by atoms with Crippen molar-refractivity contribution >= 4 is 5.82 Å². The van der Waals surface area contributed by atoms with Crippen molar-refractivity contribution in [2.75, 3.05) is 31.6 Å². The van der Waals surface area contributed by atoms with Gasteiger partial charge in [0.1, 0.15) is 17.6 Å². The molecular weight excluding hydrogens is 336 g/mol. The molecule has 2 aromatic rings. The van der Waals surface area contributed by atoms with E-state index in [-0.39, 0.29) is 0 Å². The molecule has 4 aliphatic rings. The first-order valence-electron chi connectivity index (χ1n) is 9.80. The molecule has 4 aliphatic heterocycles. The highest BCUT2D eigenvalue weighted by atomic mass is 16.5. The number of hydrogen-bond acceptors (Lipinski definition) is 5. The minimum atomic E-state index is 0.404. The van der Waals surface area contributed by atoms with E-state index in [4.69, 9.17) is 4.74 Å². The van der Waals surface area contributed by atoms with E-state index < -0.39 is 0 Å². The number of fused-ring (bicyclic) bond motifs is 2. The van der Waals surface area contributed by atoms with Crippen molar-refractivity contribution < 1.29 is 4.74 Å². The van der Waals surface area contributed by atoms with Gasteiger partial charge in [-0.05, 0) is 61.7 Å². The molecule has 6 rings (SSSR count). The highest BCUT2D eigenvalue weighted by Crippen LogP contribution is 2.48. The van der Waals surface area contributed by atoms with Gasteiger partial charge >= 0.3 is 0 Å². The van der Waals surface area contributed by atoms with Crippen molar-refractivity contribution in [3.8, 4) is 11.8 Å². The summed E-state index contributed by atoms with van der Waals surface area (Å²) in [6.07, 6.45) is 4.31. The van der Waals surface area contributed by atoms with Gasteiger partial charge in [0.05, 0.1) is 12.7 Å². The fraction of sp³-hybridized carbons (Fsp3) is 0.455. The molecule has 5 heterocycles. The number of nitrogens with zero attached hydrogens (tertiary/aromatic N) is 4. The van der Waals surface area contributed by atoms with Crippen LogP contribution in [0.1, 0.15) is 29.9 Å². The molecule has 1 aromatic carbocycles. The molecule has 5 nitrogen and oxygen atoms in total. The van der Waals surface area contributed by atoms with Gasteiger partial charge in [-0.1, -0.05) is 12.1 Å². The third-order valence-corrected chi connectivity index (χ3v) is 6.70. The van der Waals surface area contributed by atoms with Crippen LogP contribution in [0.25, 0.3) is 0 Å². The van der Waals surface area contributed by atoms with E-state index in [1.807, 2.05) is 24.4 Å². The van der Waals surface area contributed by atoms with Crippen molar-refractivity contribution in [2.24, 2.45) is 5.92 Å². The standard InChI is InChI=1S/C22H24N4O/c1-27-18-6-2-4-16(12-18)19-14-26(22-17(13-23)5-3-9-24-22)20-15-7-10-25(11-8-15)21(19)20/h2-6,9,12,15,19-21H,7-8,10-11,14H2,1H3/t19-,20-,21-/m1/s1. The van der Waals surface area contributed by atoms with Gasteiger partial charge in [-0.2, -0.15) is 5.26 Å². The maximum absolute atomic E-state index is 9.61. The van der Waals surface area contributed by atoms with Crippen LogP contribution in [0.4, 0.5) is 5.82 Å². The maximum Gasteiger partial charge on any atom is 0.146 e. The van der Waals surface area contributed by atoms with Crippen molar-refractivity contribution in [2.45, 2.75) is 30.8 Å². The van der Waals surface area contributed by atoms with Crippen LogP contribution < -0.4 is 9.64 Å². The zero-order chi connectivity index (χ0) is 18.4. The summed E-state index contributed by atoms with van der Waals surface area (Å²) in [6, 6.07) is 15.5. The summed E-state index contributed by atoms with van der Waals surface area (Å²) in [5.41, 5.74) is 2.01. The van der Waals surface area contributed by atoms with Crippen LogP contribution in [0.2, 0.25) is 0 Å². The normalized spacial score (nSPS) is 31.4. The summed E-state index contributed by atoms with van der Waals surface area (Å²) < 4.78 is 5.48. The lowest BCUT2D eigenvalue weighted by molar-refractivity contribution is 0.0354. The summed E-state index contributed by atoms with van der Waals surface area (Å²) in [6.45, 7) is 3.28. The molecule has 0 amide bonds. The van der Waals surface area contributed by atoms with Crippen LogP contribution >= 0.6 is 0 Å². The van der Waals surface area contributed by atoms with Gasteiger partial charge in [0.15, 0.2) is 0 Å². The molecule has 0 N–H and O–H groups in total. The SMILES string of the molecule is COc1cccc([C@H]2CN(c3ncccc3C#N)[C@@H]3C4CCN(CC4)[C@H]23)c1. The largest absolute Gasteiger partial charge is 0.497 e. The van der Waals surface area contributed by atoms with Crippen LogP contribution in [0.3, 0.4) is 0 Å². The second-order valence-corrected chi connectivity index (χ2v) is 7.88. The van der Waals surface area contributed by atoms with Crippen LogP contribution in [0.15, 0.2) is 42.6 Å². The monoisotopic (exact) mass is 360 g/mol. The predicted molar refractivity (Wildman–Crippen MR) is 104 cm³/mol. The summed E-state index contributed by atoms with van der Waals surface area (Å²) in [5, 5.41) is 9.61. The molecule has 0 spiro atoms. The number of benzene rings is 1. The van der Waals surface area contributed by atoms with Crippen LogP contribution in [0.5, 0.6) is 5.75 Å². The number of nitriles is 1. The van der Waals surface area contributed by atoms with E-state index in [2.05, 4.69) is 39.1 Å². The molecule has 0 saturated carbocycles. The maximum atomic E-state index is 9.61.